The van der Waals surface area contributed by atoms with E-state index >= 15 is 0 Å². The molecule has 152 valence electrons. The highest BCUT2D eigenvalue weighted by Crippen LogP contribution is 2.30. The lowest BCUT2D eigenvalue weighted by molar-refractivity contribution is -0.144. The molecule has 29 heavy (non-hydrogen) atoms. The van der Waals surface area contributed by atoms with Crippen LogP contribution < -0.4 is 0 Å². The quantitative estimate of drug-likeness (QED) is 0.602. The van der Waals surface area contributed by atoms with Crippen LogP contribution >= 0.6 is 11.8 Å². The van der Waals surface area contributed by atoms with Crippen LogP contribution in [0.5, 0.6) is 0 Å². The summed E-state index contributed by atoms with van der Waals surface area (Å²) < 4.78 is 39.9. The Labute approximate surface area is 168 Å². The van der Waals surface area contributed by atoms with Gasteiger partial charge in [0.15, 0.2) is 0 Å². The maximum atomic E-state index is 12.9. The molecule has 11 heteroatoms. The Hall–Kier alpha value is -2.69. The number of aromatic nitrogens is 5. The summed E-state index contributed by atoms with van der Waals surface area (Å²) in [5.74, 6) is -0.891. The van der Waals surface area contributed by atoms with Gasteiger partial charge in [-0.3, -0.25) is 9.78 Å². The third kappa shape index (κ3) is 4.34. The van der Waals surface area contributed by atoms with Crippen molar-refractivity contribution in [2.45, 2.75) is 29.8 Å². The van der Waals surface area contributed by atoms with E-state index in [1.54, 1.807) is 23.4 Å². The second-order valence-corrected chi connectivity index (χ2v) is 7.69. The molecule has 3 aromatic heterocycles. The predicted octanol–water partition coefficient (Wildman–Crippen LogP) is 3.04. The largest absolute Gasteiger partial charge is 0.453 e. The van der Waals surface area contributed by atoms with Gasteiger partial charge in [-0.15, -0.1) is 16.9 Å². The monoisotopic (exact) mass is 422 g/mol. The number of thioether (sulfide) groups is 1. The number of piperidine rings is 1. The van der Waals surface area contributed by atoms with E-state index in [0.717, 1.165) is 4.90 Å². The number of hydrogen-bond donors (Lipinski definition) is 0. The Morgan fingerprint density at radius 1 is 1.14 bits per heavy atom. The molecule has 4 heterocycles. The zero-order chi connectivity index (χ0) is 20.4. The molecule has 0 unspecified atom stereocenters. The van der Waals surface area contributed by atoms with Gasteiger partial charge in [0, 0.05) is 42.5 Å². The summed E-state index contributed by atoms with van der Waals surface area (Å²) in [5.41, 5.74) is 0.635. The van der Waals surface area contributed by atoms with Crippen LogP contribution in [0.2, 0.25) is 0 Å². The Kier molecular flexibility index (Phi) is 5.39. The molecule has 0 radical (unpaired) electrons. The van der Waals surface area contributed by atoms with E-state index in [-0.39, 0.29) is 17.6 Å². The lowest BCUT2D eigenvalue weighted by atomic mass is 9.93. The van der Waals surface area contributed by atoms with Gasteiger partial charge in [0.25, 0.3) is 11.6 Å². The van der Waals surface area contributed by atoms with Crippen LogP contribution in [-0.2, 0) is 11.0 Å². The van der Waals surface area contributed by atoms with Crippen LogP contribution in [0.25, 0.3) is 5.78 Å². The number of pyridine rings is 1. The highest BCUT2D eigenvalue weighted by atomic mass is 32.2. The Balaban J connectivity index is 1.40. The molecule has 0 atom stereocenters. The predicted molar refractivity (Wildman–Crippen MR) is 99.3 cm³/mol. The number of carbonyl (C=O) groups excluding carboxylic acids is 1. The molecule has 0 spiro atoms. The highest BCUT2D eigenvalue weighted by Gasteiger charge is 2.37. The lowest BCUT2D eigenvalue weighted by Gasteiger charge is -2.32. The fourth-order valence-electron chi connectivity index (χ4n) is 3.34. The molecule has 0 aromatic carbocycles. The first-order valence-electron chi connectivity index (χ1n) is 9.01. The van der Waals surface area contributed by atoms with Crippen LogP contribution in [-0.4, -0.2) is 54.2 Å². The Morgan fingerprint density at radius 2 is 1.86 bits per heavy atom. The molecular formula is C18H17F3N6OS. The number of alkyl halides is 3. The normalized spacial score (nSPS) is 15.8. The SMILES string of the molecule is O=C(CSc1ccncc1)N1CCC(c2ccnc3nc(C(F)(F)F)nn23)CC1. The number of carbonyl (C=O) groups is 1. The molecule has 0 aliphatic carbocycles. The molecule has 0 saturated carbocycles. The lowest BCUT2D eigenvalue weighted by Crippen LogP contribution is -2.39. The summed E-state index contributed by atoms with van der Waals surface area (Å²) in [6, 6.07) is 5.38. The second kappa shape index (κ2) is 7.97. The molecule has 1 amide bonds. The average molecular weight is 422 g/mol. The van der Waals surface area contributed by atoms with Gasteiger partial charge in [0.05, 0.1) is 11.4 Å². The zero-order valence-electron chi connectivity index (χ0n) is 15.2. The van der Waals surface area contributed by atoms with Crippen LogP contribution in [0.3, 0.4) is 0 Å². The van der Waals surface area contributed by atoms with Crippen molar-refractivity contribution < 1.29 is 18.0 Å². The van der Waals surface area contributed by atoms with E-state index in [9.17, 15) is 18.0 Å². The second-order valence-electron chi connectivity index (χ2n) is 6.64. The van der Waals surface area contributed by atoms with Crippen molar-refractivity contribution in [3.63, 3.8) is 0 Å². The van der Waals surface area contributed by atoms with Gasteiger partial charge >= 0.3 is 6.18 Å². The number of likely N-dealkylation sites (tertiary alicyclic amines) is 1. The summed E-state index contributed by atoms with van der Waals surface area (Å²) in [6.07, 6.45) is 1.48. The summed E-state index contributed by atoms with van der Waals surface area (Å²) >= 11 is 1.46. The van der Waals surface area contributed by atoms with Gasteiger partial charge in [0.2, 0.25) is 5.91 Å². The fourth-order valence-corrected chi connectivity index (χ4v) is 4.12. The van der Waals surface area contributed by atoms with Gasteiger partial charge in [-0.1, -0.05) is 0 Å². The van der Waals surface area contributed by atoms with Crippen molar-refractivity contribution >= 4 is 23.4 Å². The molecular weight excluding hydrogens is 405 g/mol. The number of nitrogens with zero attached hydrogens (tertiary/aromatic N) is 6. The van der Waals surface area contributed by atoms with E-state index in [2.05, 4.69) is 20.1 Å². The summed E-state index contributed by atoms with van der Waals surface area (Å²) in [7, 11) is 0. The van der Waals surface area contributed by atoms with Crippen molar-refractivity contribution in [3.8, 4) is 0 Å². The van der Waals surface area contributed by atoms with E-state index in [1.807, 2.05) is 12.1 Å². The minimum atomic E-state index is -4.62. The van der Waals surface area contributed by atoms with Crippen molar-refractivity contribution in [1.82, 2.24) is 29.5 Å². The van der Waals surface area contributed by atoms with E-state index in [0.29, 0.717) is 37.4 Å². The van der Waals surface area contributed by atoms with E-state index in [1.165, 1.54) is 22.5 Å². The molecule has 1 aliphatic heterocycles. The molecule has 0 bridgehead atoms. The third-order valence-electron chi connectivity index (χ3n) is 4.80. The maximum absolute atomic E-state index is 12.9. The Bertz CT molecular complexity index is 1000. The Morgan fingerprint density at radius 3 is 2.55 bits per heavy atom. The summed E-state index contributed by atoms with van der Waals surface area (Å²) in [6.45, 7) is 1.09. The zero-order valence-corrected chi connectivity index (χ0v) is 16.0. The minimum Gasteiger partial charge on any atom is -0.342 e. The van der Waals surface area contributed by atoms with Gasteiger partial charge in [-0.25, -0.2) is 9.50 Å². The summed E-state index contributed by atoms with van der Waals surface area (Å²) in [4.78, 5) is 26.6. The molecule has 1 aliphatic rings. The van der Waals surface area contributed by atoms with Crippen molar-refractivity contribution in [2.75, 3.05) is 18.8 Å². The van der Waals surface area contributed by atoms with Crippen LogP contribution in [0.1, 0.15) is 30.3 Å². The number of amides is 1. The van der Waals surface area contributed by atoms with E-state index < -0.39 is 12.0 Å². The third-order valence-corrected chi connectivity index (χ3v) is 5.80. The molecule has 4 rings (SSSR count). The van der Waals surface area contributed by atoms with Gasteiger partial charge < -0.3 is 4.90 Å². The van der Waals surface area contributed by atoms with Crippen LogP contribution in [0.15, 0.2) is 41.7 Å². The molecule has 3 aromatic rings. The van der Waals surface area contributed by atoms with Crippen molar-refractivity contribution in [3.05, 3.63) is 48.3 Å². The number of fused-ring (bicyclic) bond motifs is 1. The highest BCUT2D eigenvalue weighted by molar-refractivity contribution is 8.00. The van der Waals surface area contributed by atoms with Gasteiger partial charge in [-0.2, -0.15) is 18.2 Å². The number of halogens is 3. The van der Waals surface area contributed by atoms with Gasteiger partial charge in [0.1, 0.15) is 0 Å². The van der Waals surface area contributed by atoms with Crippen LogP contribution in [0, 0.1) is 0 Å². The molecule has 7 nitrogen and oxygen atoms in total. The minimum absolute atomic E-state index is 0.0137. The maximum Gasteiger partial charge on any atom is 0.453 e. The molecule has 1 fully saturated rings. The first kappa shape index (κ1) is 19.6. The standard InChI is InChI=1S/C18H17F3N6OS/c19-18(20,21)16-24-17-23-8-3-14(27(17)25-16)12-4-9-26(10-5-12)15(28)11-29-13-1-6-22-7-2-13/h1-3,6-8,12H,4-5,9-11H2. The smallest absolute Gasteiger partial charge is 0.342 e. The first-order valence-corrected chi connectivity index (χ1v) is 10.00. The van der Waals surface area contributed by atoms with Gasteiger partial charge in [-0.05, 0) is 31.0 Å². The number of hydrogen-bond acceptors (Lipinski definition) is 6. The summed E-state index contributed by atoms with van der Waals surface area (Å²) in [5, 5.41) is 3.61. The van der Waals surface area contributed by atoms with E-state index in [4.69, 9.17) is 0 Å². The fraction of sp³-hybridized carbons (Fsp3) is 0.389. The van der Waals surface area contributed by atoms with Crippen LogP contribution in [0.4, 0.5) is 13.2 Å². The molecule has 1 saturated heterocycles. The van der Waals surface area contributed by atoms with Crippen molar-refractivity contribution in [2.24, 2.45) is 0 Å². The topological polar surface area (TPSA) is 76.3 Å². The van der Waals surface area contributed by atoms with Crippen molar-refractivity contribution in [1.29, 1.82) is 0 Å². The first-order chi connectivity index (χ1) is 13.9. The average Bonchev–Trinajstić information content (AvgIpc) is 3.18. The number of rotatable bonds is 4. The molecule has 0 N–H and O–H groups in total.